The molecule has 0 unspecified atom stereocenters. The summed E-state index contributed by atoms with van der Waals surface area (Å²) in [5.74, 6) is 1.62. The Hall–Kier alpha value is -1.90. The van der Waals surface area contributed by atoms with Crippen LogP contribution >= 0.6 is 12.1 Å². The highest BCUT2D eigenvalue weighted by Gasteiger charge is 2.31. The molecule has 0 spiro atoms. The summed E-state index contributed by atoms with van der Waals surface area (Å²) in [7, 11) is 0. The Morgan fingerprint density at radius 1 is 1.16 bits per heavy atom. The number of imidazole rings is 1. The predicted octanol–water partition coefficient (Wildman–Crippen LogP) is 2.75. The fourth-order valence-electron chi connectivity index (χ4n) is 3.49. The van der Waals surface area contributed by atoms with Crippen LogP contribution in [0.2, 0.25) is 0 Å². The molecule has 0 amide bonds. The second kappa shape index (κ2) is 6.44. The Balaban J connectivity index is 1.50. The van der Waals surface area contributed by atoms with Crippen molar-refractivity contribution in [3.8, 4) is 0 Å². The fourth-order valence-corrected chi connectivity index (χ4v) is 3.79. The third-order valence-electron chi connectivity index (χ3n) is 4.78. The minimum atomic E-state index is -2.28. The van der Waals surface area contributed by atoms with Crippen molar-refractivity contribution in [2.24, 2.45) is 5.92 Å². The summed E-state index contributed by atoms with van der Waals surface area (Å²) in [6.45, 7) is 1.50. The topological polar surface area (TPSA) is 73.9 Å². The first kappa shape index (κ1) is 16.6. The molecule has 25 heavy (non-hydrogen) atoms. The molecule has 3 aromatic rings. The van der Waals surface area contributed by atoms with Gasteiger partial charge >= 0.3 is 0 Å². The average molecular weight is 362 g/mol. The number of fused-ring (bicyclic) bond motifs is 3. The number of anilines is 1. The third kappa shape index (κ3) is 3.29. The van der Waals surface area contributed by atoms with Crippen LogP contribution in [0.4, 0.5) is 9.70 Å². The Bertz CT molecular complexity index is 893. The van der Waals surface area contributed by atoms with Crippen molar-refractivity contribution in [3.63, 3.8) is 0 Å². The van der Waals surface area contributed by atoms with Gasteiger partial charge in [0.05, 0.1) is 11.0 Å². The lowest BCUT2D eigenvalue weighted by Crippen LogP contribution is -2.37. The maximum Gasteiger partial charge on any atom is 0.244 e. The minimum absolute atomic E-state index is 0.0418. The van der Waals surface area contributed by atoms with E-state index in [0.717, 1.165) is 42.8 Å². The Labute approximate surface area is 148 Å². The molecule has 0 atom stereocenters. The summed E-state index contributed by atoms with van der Waals surface area (Å²) >= 11 is -0.405. The van der Waals surface area contributed by atoms with Gasteiger partial charge in [0.15, 0.2) is 0 Å². The van der Waals surface area contributed by atoms with Gasteiger partial charge in [-0.3, -0.25) is 4.40 Å². The van der Waals surface area contributed by atoms with Gasteiger partial charge in [0.25, 0.3) is 0 Å². The van der Waals surface area contributed by atoms with Gasteiger partial charge < -0.3 is 15.1 Å². The van der Waals surface area contributed by atoms with Crippen molar-refractivity contribution in [1.82, 2.24) is 14.4 Å². The van der Waals surface area contributed by atoms with E-state index >= 15 is 0 Å². The predicted molar refractivity (Wildman–Crippen MR) is 95.9 cm³/mol. The molecule has 1 aromatic carbocycles. The molecule has 0 aliphatic carbocycles. The Kier molecular flexibility index (Phi) is 4.26. The summed E-state index contributed by atoms with van der Waals surface area (Å²) in [5.41, 5.74) is 1.94. The van der Waals surface area contributed by atoms with Gasteiger partial charge in [-0.15, -0.1) is 0 Å². The summed E-state index contributed by atoms with van der Waals surface area (Å²) in [6.07, 6.45) is 3.56. The number of hydrogen-bond acceptors (Lipinski definition) is 6. The largest absolute Gasteiger partial charge is 0.356 e. The molecular formula is C17H19FN4O2S. The molecule has 8 heteroatoms. The van der Waals surface area contributed by atoms with Crippen LogP contribution in [0.1, 0.15) is 19.3 Å². The highest BCUT2D eigenvalue weighted by molar-refractivity contribution is 7.95. The molecule has 132 valence electrons. The first-order valence-electron chi connectivity index (χ1n) is 8.29. The van der Waals surface area contributed by atoms with E-state index in [4.69, 9.17) is 0 Å². The van der Waals surface area contributed by atoms with E-state index in [-0.39, 0.29) is 12.3 Å². The lowest BCUT2D eigenvalue weighted by atomic mass is 9.93. The number of rotatable bonds is 4. The molecule has 0 saturated carbocycles. The lowest BCUT2D eigenvalue weighted by Gasteiger charge is -2.34. The van der Waals surface area contributed by atoms with Gasteiger partial charge in [-0.25, -0.2) is 4.98 Å². The normalized spacial score (nSPS) is 16.8. The van der Waals surface area contributed by atoms with Crippen molar-refractivity contribution in [1.29, 1.82) is 0 Å². The molecule has 2 N–H and O–H groups in total. The van der Waals surface area contributed by atoms with Gasteiger partial charge in [-0.1, -0.05) is 12.1 Å². The van der Waals surface area contributed by atoms with Crippen molar-refractivity contribution >= 4 is 34.8 Å². The number of para-hydroxylation sites is 2. The van der Waals surface area contributed by atoms with Gasteiger partial charge in [0, 0.05) is 25.7 Å². The van der Waals surface area contributed by atoms with Crippen LogP contribution < -0.4 is 4.90 Å². The van der Waals surface area contributed by atoms with Gasteiger partial charge in [0.2, 0.25) is 10.9 Å². The van der Waals surface area contributed by atoms with Crippen LogP contribution in [-0.4, -0.2) is 42.8 Å². The fraction of sp³-hybridized carbons (Fsp3) is 0.412. The lowest BCUT2D eigenvalue weighted by molar-refractivity contribution is -0.0950. The van der Waals surface area contributed by atoms with Crippen molar-refractivity contribution in [3.05, 3.63) is 36.5 Å². The second-order valence-corrected chi connectivity index (χ2v) is 7.32. The molecule has 1 aliphatic rings. The SMILES string of the molecule is OC(O)(CC1CCN(c2ccn3c(n2)nc2ccccc23)CC1)SF. The van der Waals surface area contributed by atoms with Crippen LogP contribution in [0, 0.1) is 5.92 Å². The Morgan fingerprint density at radius 2 is 1.92 bits per heavy atom. The van der Waals surface area contributed by atoms with Crippen LogP contribution in [0.25, 0.3) is 16.8 Å². The summed E-state index contributed by atoms with van der Waals surface area (Å²) in [6, 6.07) is 9.89. The number of nitrogens with zero attached hydrogens (tertiary/aromatic N) is 4. The number of hydrogen-bond donors (Lipinski definition) is 2. The quantitative estimate of drug-likeness (QED) is 0.695. The van der Waals surface area contributed by atoms with Crippen LogP contribution in [0.3, 0.4) is 0 Å². The summed E-state index contributed by atoms with van der Waals surface area (Å²) < 4.78 is 14.5. The maximum atomic E-state index is 12.5. The minimum Gasteiger partial charge on any atom is -0.356 e. The molecule has 0 radical (unpaired) electrons. The van der Waals surface area contributed by atoms with E-state index in [1.807, 2.05) is 40.9 Å². The zero-order valence-corrected chi connectivity index (χ0v) is 14.4. The van der Waals surface area contributed by atoms with E-state index in [1.165, 1.54) is 0 Å². The van der Waals surface area contributed by atoms with Gasteiger partial charge in [-0.2, -0.15) is 8.87 Å². The molecule has 6 nitrogen and oxygen atoms in total. The first-order chi connectivity index (χ1) is 12.1. The number of halogens is 1. The Morgan fingerprint density at radius 3 is 2.68 bits per heavy atom. The zero-order valence-electron chi connectivity index (χ0n) is 13.5. The number of aromatic nitrogens is 3. The van der Waals surface area contributed by atoms with E-state index < -0.39 is 17.3 Å². The van der Waals surface area contributed by atoms with E-state index in [1.54, 1.807) is 0 Å². The maximum absolute atomic E-state index is 12.5. The average Bonchev–Trinajstić information content (AvgIpc) is 3.00. The monoisotopic (exact) mass is 362 g/mol. The van der Waals surface area contributed by atoms with Gasteiger partial charge in [-0.05, 0) is 37.0 Å². The highest BCUT2D eigenvalue weighted by Crippen LogP contribution is 2.33. The molecule has 1 fully saturated rings. The van der Waals surface area contributed by atoms with Crippen LogP contribution in [0.5, 0.6) is 0 Å². The first-order valence-corrected chi connectivity index (χ1v) is 9.01. The van der Waals surface area contributed by atoms with Crippen molar-refractivity contribution in [2.75, 3.05) is 18.0 Å². The summed E-state index contributed by atoms with van der Waals surface area (Å²) in [5, 5.41) is 16.6. The molecule has 1 saturated heterocycles. The summed E-state index contributed by atoms with van der Waals surface area (Å²) in [4.78, 5) is 11.4. The number of piperidine rings is 1. The zero-order chi connectivity index (χ0) is 17.4. The molecule has 0 bridgehead atoms. The number of benzene rings is 1. The smallest absolute Gasteiger partial charge is 0.244 e. The highest BCUT2D eigenvalue weighted by atomic mass is 32.2. The van der Waals surface area contributed by atoms with Gasteiger partial charge in [0.1, 0.15) is 18.0 Å². The molecule has 2 aromatic heterocycles. The van der Waals surface area contributed by atoms with Crippen LogP contribution in [-0.2, 0) is 0 Å². The van der Waals surface area contributed by atoms with E-state index in [9.17, 15) is 14.1 Å². The second-order valence-electron chi connectivity index (χ2n) is 6.51. The molecule has 1 aliphatic heterocycles. The standard InChI is InChI=1S/C17H19FN4O2S/c18-25-17(23,24)11-12-5-8-21(9-6-12)15-7-10-22-14-4-2-1-3-13(14)19-16(22)20-15/h1-4,7,10,12,23-24H,5-6,8-9,11H2. The number of aliphatic hydroxyl groups is 2. The molecule has 4 rings (SSSR count). The molecule has 3 heterocycles. The van der Waals surface area contributed by atoms with Crippen molar-refractivity contribution in [2.45, 2.75) is 24.4 Å². The third-order valence-corrected chi connectivity index (χ3v) is 5.19. The molecular weight excluding hydrogens is 343 g/mol. The van der Waals surface area contributed by atoms with Crippen LogP contribution in [0.15, 0.2) is 36.5 Å². The van der Waals surface area contributed by atoms with Crippen molar-refractivity contribution < 1.29 is 14.1 Å². The van der Waals surface area contributed by atoms with E-state index in [0.29, 0.717) is 5.78 Å². The van der Waals surface area contributed by atoms with E-state index in [2.05, 4.69) is 14.9 Å².